The maximum atomic E-state index is 14.3. The van der Waals surface area contributed by atoms with Crippen LogP contribution < -0.4 is 16.0 Å². The highest BCUT2D eigenvalue weighted by Crippen LogP contribution is 2.33. The largest absolute Gasteiger partial charge is 0.453 e. The van der Waals surface area contributed by atoms with E-state index in [1.165, 1.54) is 19.5 Å². The van der Waals surface area contributed by atoms with Crippen molar-refractivity contribution in [3.8, 4) is 17.5 Å². The Kier molecular flexibility index (Phi) is 7.69. The van der Waals surface area contributed by atoms with Crippen molar-refractivity contribution in [3.63, 3.8) is 0 Å². The summed E-state index contributed by atoms with van der Waals surface area (Å²) in [4.78, 5) is 28.7. The Hall–Kier alpha value is -4.31. The molecule has 0 aromatic carbocycles. The first-order valence-electron chi connectivity index (χ1n) is 12.3. The molecule has 4 N–H and O–H groups in total. The first-order valence-corrected chi connectivity index (χ1v) is 12.3. The minimum Gasteiger partial charge on any atom is -0.453 e. The van der Waals surface area contributed by atoms with Gasteiger partial charge in [0.2, 0.25) is 0 Å². The zero-order chi connectivity index (χ0) is 28.4. The van der Waals surface area contributed by atoms with Gasteiger partial charge in [-0.15, -0.1) is 0 Å². The van der Waals surface area contributed by atoms with Gasteiger partial charge in [0.25, 0.3) is 11.8 Å². The van der Waals surface area contributed by atoms with Crippen LogP contribution >= 0.6 is 0 Å². The van der Waals surface area contributed by atoms with E-state index in [-0.39, 0.29) is 17.5 Å². The van der Waals surface area contributed by atoms with E-state index in [0.29, 0.717) is 47.5 Å². The number of anilines is 1. The topological polar surface area (TPSA) is 154 Å². The second-order valence-corrected chi connectivity index (χ2v) is 10.0. The van der Waals surface area contributed by atoms with Gasteiger partial charge in [0, 0.05) is 18.8 Å². The lowest BCUT2D eigenvalue weighted by atomic mass is 9.80. The maximum Gasteiger partial charge on any atom is 0.406 e. The summed E-state index contributed by atoms with van der Waals surface area (Å²) in [5.41, 5.74) is 0.272. The van der Waals surface area contributed by atoms with Gasteiger partial charge in [0.1, 0.15) is 11.7 Å². The Morgan fingerprint density at radius 2 is 1.97 bits per heavy atom. The smallest absolute Gasteiger partial charge is 0.406 e. The van der Waals surface area contributed by atoms with Crippen LogP contribution in [0.15, 0.2) is 36.7 Å². The maximum absolute atomic E-state index is 14.3. The van der Waals surface area contributed by atoms with E-state index >= 15 is 0 Å². The fourth-order valence-corrected chi connectivity index (χ4v) is 4.19. The van der Waals surface area contributed by atoms with E-state index in [0.717, 1.165) is 13.8 Å². The molecule has 1 aliphatic rings. The van der Waals surface area contributed by atoms with Gasteiger partial charge in [-0.25, -0.2) is 18.1 Å². The van der Waals surface area contributed by atoms with Crippen molar-refractivity contribution in [2.24, 2.45) is 5.92 Å². The molecule has 3 aromatic heterocycles. The normalized spacial score (nSPS) is 17.2. The average Bonchev–Trinajstić information content (AvgIpc) is 3.30. The number of aliphatic hydroxyl groups is 1. The van der Waals surface area contributed by atoms with Crippen LogP contribution in [0.3, 0.4) is 0 Å². The minimum atomic E-state index is -3.56. The molecule has 3 aromatic rings. The number of halogens is 2. The Morgan fingerprint density at radius 3 is 2.64 bits per heavy atom. The van der Waals surface area contributed by atoms with Gasteiger partial charge >= 0.3 is 6.09 Å². The number of fused-ring (bicyclic) bond motifs is 1. The molecule has 0 unspecified atom stereocenters. The van der Waals surface area contributed by atoms with E-state index in [2.05, 4.69) is 30.8 Å². The molecule has 13 heteroatoms. The van der Waals surface area contributed by atoms with Crippen LogP contribution in [0.2, 0.25) is 0 Å². The second-order valence-electron chi connectivity index (χ2n) is 10.0. The fourth-order valence-electron chi connectivity index (χ4n) is 4.19. The molecule has 0 spiro atoms. The highest BCUT2D eigenvalue weighted by atomic mass is 19.3. The molecule has 0 radical (unpaired) electrons. The molecule has 1 saturated carbocycles. The number of ether oxygens (including phenoxy) is 1. The van der Waals surface area contributed by atoms with Crippen LogP contribution in [-0.4, -0.2) is 69.5 Å². The van der Waals surface area contributed by atoms with Crippen LogP contribution in [0.4, 0.5) is 19.3 Å². The molecular formula is C26H29F2N7O4. The van der Waals surface area contributed by atoms with Gasteiger partial charge in [-0.2, -0.15) is 10.4 Å². The summed E-state index contributed by atoms with van der Waals surface area (Å²) >= 11 is 0. The zero-order valence-corrected chi connectivity index (χ0v) is 21.7. The summed E-state index contributed by atoms with van der Waals surface area (Å²) in [5, 5.41) is 31.3. The molecule has 4 rings (SSSR count). The third kappa shape index (κ3) is 6.06. The van der Waals surface area contributed by atoms with Crippen LogP contribution in [0.1, 0.15) is 42.6 Å². The van der Waals surface area contributed by atoms with Crippen molar-refractivity contribution in [2.45, 2.75) is 44.3 Å². The van der Waals surface area contributed by atoms with Gasteiger partial charge in [-0.3, -0.25) is 9.78 Å². The van der Waals surface area contributed by atoms with Gasteiger partial charge in [0.15, 0.2) is 0 Å². The van der Waals surface area contributed by atoms with E-state index in [1.807, 2.05) is 6.07 Å². The summed E-state index contributed by atoms with van der Waals surface area (Å²) in [6.07, 6.45) is 3.62. The van der Waals surface area contributed by atoms with Crippen molar-refractivity contribution in [3.05, 3.63) is 47.8 Å². The Labute approximate surface area is 223 Å². The summed E-state index contributed by atoms with van der Waals surface area (Å²) < 4.78 is 34.7. The van der Waals surface area contributed by atoms with E-state index < -0.39 is 30.1 Å². The molecule has 0 atom stereocenters. The first kappa shape index (κ1) is 27.7. The third-order valence-corrected chi connectivity index (χ3v) is 6.72. The van der Waals surface area contributed by atoms with Crippen LogP contribution in [0.25, 0.3) is 16.9 Å². The predicted molar refractivity (Wildman–Crippen MR) is 137 cm³/mol. The zero-order valence-electron chi connectivity index (χ0n) is 21.7. The number of methoxy groups -OCH3 is 1. The number of rotatable bonds is 9. The molecule has 0 saturated heterocycles. The Bertz CT molecular complexity index is 1420. The van der Waals surface area contributed by atoms with Crippen molar-refractivity contribution >= 4 is 23.2 Å². The lowest BCUT2D eigenvalue weighted by Crippen LogP contribution is -2.50. The second kappa shape index (κ2) is 10.8. The number of hydrogen-bond donors (Lipinski definition) is 4. The van der Waals surface area contributed by atoms with Crippen LogP contribution in [-0.2, 0) is 4.74 Å². The third-order valence-electron chi connectivity index (χ3n) is 6.72. The van der Waals surface area contributed by atoms with Gasteiger partial charge in [-0.1, -0.05) is 0 Å². The molecule has 11 nitrogen and oxygen atoms in total. The van der Waals surface area contributed by atoms with E-state index in [9.17, 15) is 23.5 Å². The molecule has 1 fully saturated rings. The SMILES string of the molecule is COC(=O)NC[C@H]1C[C@H](Nc2cc(-c3ccc4cc(C#N)cnn34)ncc2C(=O)NCC(F)(F)C(C)(C)O)C1. The highest BCUT2D eigenvalue weighted by Gasteiger charge is 2.45. The minimum absolute atomic E-state index is 0.0329. The first-order chi connectivity index (χ1) is 18.4. The number of carbonyl (C=O) groups is 2. The summed E-state index contributed by atoms with van der Waals surface area (Å²) in [7, 11) is 1.29. The number of alkyl carbamates (subject to hydrolysis) is 1. The number of nitrogens with zero attached hydrogens (tertiary/aromatic N) is 4. The number of aromatic nitrogens is 3. The molecular weight excluding hydrogens is 512 g/mol. The van der Waals surface area contributed by atoms with Crippen molar-refractivity contribution in [2.75, 3.05) is 25.5 Å². The molecule has 2 amide bonds. The van der Waals surface area contributed by atoms with E-state index in [1.54, 1.807) is 28.8 Å². The molecule has 206 valence electrons. The molecule has 0 bridgehead atoms. The highest BCUT2D eigenvalue weighted by molar-refractivity contribution is 6.00. The van der Waals surface area contributed by atoms with Gasteiger partial charge < -0.3 is 25.8 Å². The standard InChI is InChI=1S/C26H29F2N7O4/c1-25(2,38)26(27,28)14-32-23(36)19-13-30-21(22-5-4-18-8-16(10-29)12-33-35(18)22)9-20(19)34-17-6-15(7-17)11-31-24(37)39-3/h4-5,8-9,12-13,15,17,38H,6-7,11,14H2,1-3H3,(H,30,34)(H,31,37)(H,32,36)/t15-,17-. The molecule has 0 aliphatic heterocycles. The summed E-state index contributed by atoms with van der Waals surface area (Å²) in [6.45, 7) is 1.33. The number of hydrogen-bond acceptors (Lipinski definition) is 8. The quantitative estimate of drug-likeness (QED) is 0.323. The van der Waals surface area contributed by atoms with Gasteiger partial charge in [-0.05, 0) is 56.9 Å². The molecule has 1 aliphatic carbocycles. The predicted octanol–water partition coefficient (Wildman–Crippen LogP) is 2.95. The summed E-state index contributed by atoms with van der Waals surface area (Å²) in [5.74, 6) is -4.13. The van der Waals surface area contributed by atoms with Crippen molar-refractivity contribution < 1.29 is 28.2 Å². The Balaban J connectivity index is 1.58. The lowest BCUT2D eigenvalue weighted by molar-refractivity contribution is -0.156. The average molecular weight is 542 g/mol. The molecule has 39 heavy (non-hydrogen) atoms. The van der Waals surface area contributed by atoms with Crippen LogP contribution in [0.5, 0.6) is 0 Å². The van der Waals surface area contributed by atoms with Crippen LogP contribution in [0, 0.1) is 17.2 Å². The number of nitriles is 1. The van der Waals surface area contributed by atoms with Crippen molar-refractivity contribution in [1.82, 2.24) is 25.2 Å². The fraction of sp³-hybridized carbons (Fsp3) is 0.423. The number of alkyl halides is 2. The number of nitrogens with one attached hydrogen (secondary N) is 3. The number of carbonyl (C=O) groups excluding carboxylic acids is 2. The summed E-state index contributed by atoms with van der Waals surface area (Å²) in [6, 6.07) is 8.88. The van der Waals surface area contributed by atoms with E-state index in [4.69, 9.17) is 5.26 Å². The monoisotopic (exact) mass is 541 g/mol. The van der Waals surface area contributed by atoms with Gasteiger partial charge in [0.05, 0.1) is 53.6 Å². The number of pyridine rings is 1. The Morgan fingerprint density at radius 1 is 1.23 bits per heavy atom. The lowest BCUT2D eigenvalue weighted by Gasteiger charge is -2.37. The molecule has 3 heterocycles. The number of amides is 2. The van der Waals surface area contributed by atoms with Crippen molar-refractivity contribution in [1.29, 1.82) is 5.26 Å².